The average Bonchev–Trinajstić information content (AvgIpc) is 2.47. The molecule has 0 radical (unpaired) electrons. The first-order chi connectivity index (χ1) is 6.57. The van der Waals surface area contributed by atoms with Gasteiger partial charge in [-0.2, -0.15) is 5.10 Å². The van der Waals surface area contributed by atoms with Crippen molar-refractivity contribution in [2.45, 2.75) is 52.4 Å². The maximum atomic E-state index is 5.83. The number of nitrogen functional groups attached to an aromatic ring is 1. The van der Waals surface area contributed by atoms with Crippen molar-refractivity contribution in [1.29, 1.82) is 0 Å². The Hall–Kier alpha value is -0.990. The second-order valence-corrected chi connectivity index (χ2v) is 4.28. The van der Waals surface area contributed by atoms with Crippen LogP contribution >= 0.6 is 0 Å². The van der Waals surface area contributed by atoms with Crippen LogP contribution in [0.25, 0.3) is 0 Å². The molecule has 0 aromatic carbocycles. The third kappa shape index (κ3) is 2.08. The van der Waals surface area contributed by atoms with Crippen molar-refractivity contribution in [2.75, 3.05) is 5.73 Å². The maximum absolute atomic E-state index is 5.83. The van der Waals surface area contributed by atoms with E-state index in [1.807, 2.05) is 0 Å². The van der Waals surface area contributed by atoms with Crippen LogP contribution in [0.4, 0.5) is 5.82 Å². The van der Waals surface area contributed by atoms with Crippen LogP contribution in [0.3, 0.4) is 0 Å². The second kappa shape index (κ2) is 4.49. The van der Waals surface area contributed by atoms with Gasteiger partial charge < -0.3 is 5.73 Å². The molecule has 3 heteroatoms. The van der Waals surface area contributed by atoms with E-state index in [1.165, 1.54) is 24.1 Å². The molecular formula is C11H21N3. The molecule has 0 saturated heterocycles. The van der Waals surface area contributed by atoms with Crippen LogP contribution in [0.15, 0.2) is 0 Å². The van der Waals surface area contributed by atoms with Gasteiger partial charge in [-0.25, -0.2) is 0 Å². The molecule has 1 rings (SSSR count). The fourth-order valence-corrected chi connectivity index (χ4v) is 1.94. The van der Waals surface area contributed by atoms with Crippen LogP contribution in [-0.4, -0.2) is 10.2 Å². The molecule has 1 atom stereocenters. The topological polar surface area (TPSA) is 54.7 Å². The van der Waals surface area contributed by atoms with Gasteiger partial charge >= 0.3 is 0 Å². The lowest BCUT2D eigenvalue weighted by molar-refractivity contribution is 0.633. The van der Waals surface area contributed by atoms with E-state index in [0.29, 0.717) is 17.7 Å². The number of nitrogens with zero attached hydrogens (tertiary/aromatic N) is 1. The van der Waals surface area contributed by atoms with E-state index in [-0.39, 0.29) is 0 Å². The number of anilines is 1. The van der Waals surface area contributed by atoms with Gasteiger partial charge in [0.15, 0.2) is 0 Å². The highest BCUT2D eigenvalue weighted by atomic mass is 15.2. The lowest BCUT2D eigenvalue weighted by Gasteiger charge is -2.13. The second-order valence-electron chi connectivity index (χ2n) is 4.28. The van der Waals surface area contributed by atoms with Gasteiger partial charge in [0.1, 0.15) is 5.82 Å². The molecule has 0 aliphatic heterocycles. The number of hydrogen-bond donors (Lipinski definition) is 2. The van der Waals surface area contributed by atoms with E-state index in [9.17, 15) is 0 Å². The van der Waals surface area contributed by atoms with Gasteiger partial charge in [-0.1, -0.05) is 34.1 Å². The number of rotatable bonds is 4. The Morgan fingerprint density at radius 3 is 2.50 bits per heavy atom. The predicted octanol–water partition coefficient (Wildman–Crippen LogP) is 3.02. The molecular weight excluding hydrogens is 174 g/mol. The first-order valence-electron chi connectivity index (χ1n) is 5.41. The first-order valence-corrected chi connectivity index (χ1v) is 5.41. The summed E-state index contributed by atoms with van der Waals surface area (Å²) in [4.78, 5) is 0. The van der Waals surface area contributed by atoms with Crippen LogP contribution in [0.5, 0.6) is 0 Å². The van der Waals surface area contributed by atoms with E-state index >= 15 is 0 Å². The highest BCUT2D eigenvalue weighted by molar-refractivity contribution is 5.45. The lowest BCUT2D eigenvalue weighted by Crippen LogP contribution is -2.01. The van der Waals surface area contributed by atoms with Gasteiger partial charge in [0.2, 0.25) is 0 Å². The number of H-pyrrole nitrogens is 1. The average molecular weight is 195 g/mol. The van der Waals surface area contributed by atoms with Crippen molar-refractivity contribution < 1.29 is 0 Å². The number of aromatic nitrogens is 2. The number of nitrogens with one attached hydrogen (secondary N) is 1. The molecule has 0 aliphatic carbocycles. The van der Waals surface area contributed by atoms with Gasteiger partial charge in [0, 0.05) is 11.3 Å². The van der Waals surface area contributed by atoms with E-state index in [0.717, 1.165) is 0 Å². The zero-order valence-corrected chi connectivity index (χ0v) is 9.59. The van der Waals surface area contributed by atoms with E-state index in [2.05, 4.69) is 37.9 Å². The predicted molar refractivity (Wildman–Crippen MR) is 60.4 cm³/mol. The van der Waals surface area contributed by atoms with Crippen molar-refractivity contribution in [3.8, 4) is 0 Å². The van der Waals surface area contributed by atoms with Crippen molar-refractivity contribution in [2.24, 2.45) is 0 Å². The Morgan fingerprint density at radius 1 is 1.36 bits per heavy atom. The van der Waals surface area contributed by atoms with Crippen LogP contribution in [-0.2, 0) is 0 Å². The van der Waals surface area contributed by atoms with Gasteiger partial charge in [-0.3, -0.25) is 5.10 Å². The van der Waals surface area contributed by atoms with E-state index < -0.39 is 0 Å². The Morgan fingerprint density at radius 2 is 2.00 bits per heavy atom. The molecule has 0 saturated carbocycles. The first kappa shape index (κ1) is 11.1. The number of nitrogens with two attached hydrogens (primary N) is 1. The molecule has 1 aromatic rings. The lowest BCUT2D eigenvalue weighted by atomic mass is 9.93. The molecule has 80 valence electrons. The van der Waals surface area contributed by atoms with Crippen LogP contribution in [0.2, 0.25) is 0 Å². The summed E-state index contributed by atoms with van der Waals surface area (Å²) in [6.45, 7) is 8.74. The largest absolute Gasteiger partial charge is 0.382 e. The Kier molecular flexibility index (Phi) is 3.55. The van der Waals surface area contributed by atoms with Crippen molar-refractivity contribution in [3.05, 3.63) is 11.3 Å². The van der Waals surface area contributed by atoms with Gasteiger partial charge in [0.25, 0.3) is 0 Å². The summed E-state index contributed by atoms with van der Waals surface area (Å²) in [5.41, 5.74) is 8.26. The van der Waals surface area contributed by atoms with Gasteiger partial charge in [0.05, 0.1) is 0 Å². The van der Waals surface area contributed by atoms with E-state index in [4.69, 9.17) is 5.73 Å². The summed E-state index contributed by atoms with van der Waals surface area (Å²) < 4.78 is 0. The smallest absolute Gasteiger partial charge is 0.148 e. The summed E-state index contributed by atoms with van der Waals surface area (Å²) in [6.07, 6.45) is 2.37. The van der Waals surface area contributed by atoms with Crippen LogP contribution in [0, 0.1) is 0 Å². The molecule has 0 amide bonds. The Bertz CT molecular complexity index is 289. The summed E-state index contributed by atoms with van der Waals surface area (Å²) in [6, 6.07) is 0. The minimum absolute atomic E-state index is 0.447. The fourth-order valence-electron chi connectivity index (χ4n) is 1.94. The third-order valence-corrected chi connectivity index (χ3v) is 2.65. The van der Waals surface area contributed by atoms with Gasteiger partial charge in [-0.05, 0) is 18.3 Å². The minimum Gasteiger partial charge on any atom is -0.382 e. The summed E-state index contributed by atoms with van der Waals surface area (Å²) >= 11 is 0. The molecule has 0 bridgehead atoms. The molecule has 3 N–H and O–H groups in total. The Labute approximate surface area is 86.1 Å². The highest BCUT2D eigenvalue weighted by Gasteiger charge is 2.18. The number of aromatic amines is 1. The summed E-state index contributed by atoms with van der Waals surface area (Å²) in [5.74, 6) is 1.64. The monoisotopic (exact) mass is 195 g/mol. The molecule has 0 fully saturated rings. The molecule has 0 aliphatic rings. The SMILES string of the molecule is CCCC(C)c1[nH]nc(N)c1C(C)C. The maximum Gasteiger partial charge on any atom is 0.148 e. The third-order valence-electron chi connectivity index (χ3n) is 2.65. The Balaban J connectivity index is 2.96. The van der Waals surface area contributed by atoms with Crippen LogP contribution in [0.1, 0.15) is 63.6 Å². The molecule has 1 unspecified atom stereocenters. The molecule has 0 spiro atoms. The summed E-state index contributed by atoms with van der Waals surface area (Å²) in [5, 5.41) is 7.16. The van der Waals surface area contributed by atoms with Crippen molar-refractivity contribution in [1.82, 2.24) is 10.2 Å². The molecule has 1 aromatic heterocycles. The fraction of sp³-hybridized carbons (Fsp3) is 0.727. The molecule has 3 nitrogen and oxygen atoms in total. The quantitative estimate of drug-likeness (QED) is 0.776. The molecule has 14 heavy (non-hydrogen) atoms. The normalized spacial score (nSPS) is 13.5. The van der Waals surface area contributed by atoms with Crippen molar-refractivity contribution in [3.63, 3.8) is 0 Å². The number of hydrogen-bond acceptors (Lipinski definition) is 2. The zero-order valence-electron chi connectivity index (χ0n) is 9.59. The highest BCUT2D eigenvalue weighted by Crippen LogP contribution is 2.30. The molecule has 1 heterocycles. The van der Waals surface area contributed by atoms with Crippen LogP contribution < -0.4 is 5.73 Å². The van der Waals surface area contributed by atoms with Crippen molar-refractivity contribution >= 4 is 5.82 Å². The standard InChI is InChI=1S/C11H21N3/c1-5-6-8(4)10-9(7(2)3)11(12)14-13-10/h7-8H,5-6H2,1-4H3,(H3,12,13,14). The zero-order chi connectivity index (χ0) is 10.7. The summed E-state index contributed by atoms with van der Waals surface area (Å²) in [7, 11) is 0. The van der Waals surface area contributed by atoms with Gasteiger partial charge in [-0.15, -0.1) is 0 Å². The minimum atomic E-state index is 0.447. The van der Waals surface area contributed by atoms with E-state index in [1.54, 1.807) is 0 Å².